The van der Waals surface area contributed by atoms with Crippen molar-refractivity contribution in [2.45, 2.75) is 112 Å². The molecule has 5 aliphatic rings. The molecule has 4 heteroatoms. The molecule has 0 aromatic rings. The Morgan fingerprint density at radius 2 is 1.65 bits per heavy atom. The molecule has 4 saturated carbocycles. The van der Waals surface area contributed by atoms with Crippen molar-refractivity contribution < 1.29 is 19.8 Å². The van der Waals surface area contributed by atoms with Gasteiger partial charge in [0, 0.05) is 11.4 Å². The van der Waals surface area contributed by atoms with Crippen molar-refractivity contribution in [1.29, 1.82) is 0 Å². The van der Waals surface area contributed by atoms with Crippen LogP contribution in [0.3, 0.4) is 0 Å². The SMILES string of the molecule is CC1(C)CC[C@]2(C(=O)[O-])CC[C@]3(C)C(=CCC4[C@@]5(C)CC[C@H](O)[C@@](C)(C=O)C5CC[C@]43C)C2C1. The van der Waals surface area contributed by atoms with Gasteiger partial charge in [0.15, 0.2) is 0 Å². The molecule has 1 N–H and O–H groups in total. The van der Waals surface area contributed by atoms with Gasteiger partial charge in [0.2, 0.25) is 0 Å². The van der Waals surface area contributed by atoms with Crippen molar-refractivity contribution in [1.82, 2.24) is 0 Å². The quantitative estimate of drug-likeness (QED) is 0.452. The van der Waals surface area contributed by atoms with Gasteiger partial charge in [-0.05, 0) is 104 Å². The van der Waals surface area contributed by atoms with E-state index in [0.717, 1.165) is 64.1 Å². The summed E-state index contributed by atoms with van der Waals surface area (Å²) in [6, 6.07) is 0. The van der Waals surface area contributed by atoms with E-state index in [1.165, 1.54) is 5.57 Å². The van der Waals surface area contributed by atoms with Gasteiger partial charge in [-0.25, -0.2) is 0 Å². The number of hydrogen-bond acceptors (Lipinski definition) is 4. The van der Waals surface area contributed by atoms with Gasteiger partial charge in [-0.2, -0.15) is 0 Å². The van der Waals surface area contributed by atoms with Crippen LogP contribution in [-0.4, -0.2) is 23.5 Å². The molecule has 0 aromatic heterocycles. The topological polar surface area (TPSA) is 77.4 Å². The standard InChI is InChI=1S/C30H46O4/c1-25(2)13-15-30(24(33)34)16-14-28(5)19(20(30)17-25)7-8-22-26(3)11-10-23(32)27(4,18-31)21(26)9-12-29(22,28)6/h7,18,20-23,32H,8-17H2,1-6H3,(H,33,34)/p-1/t20?,21?,22?,23-,26-,27-,28+,29+,30-/m0/s1. The molecule has 4 nitrogen and oxygen atoms in total. The maximum atomic E-state index is 12.6. The molecule has 0 saturated heterocycles. The van der Waals surface area contributed by atoms with Crippen molar-refractivity contribution in [2.75, 3.05) is 0 Å². The molecule has 5 aliphatic carbocycles. The summed E-state index contributed by atoms with van der Waals surface area (Å²) in [5.74, 6) is -0.137. The summed E-state index contributed by atoms with van der Waals surface area (Å²) in [6.07, 6.45) is 11.8. The number of rotatable bonds is 2. The van der Waals surface area contributed by atoms with Crippen LogP contribution in [0.2, 0.25) is 0 Å². The Hall–Kier alpha value is -1.16. The second-order valence-electron chi connectivity index (χ2n) is 14.7. The third kappa shape index (κ3) is 2.81. The molecule has 0 bridgehead atoms. The minimum atomic E-state index is -0.832. The van der Waals surface area contributed by atoms with Gasteiger partial charge < -0.3 is 19.8 Å². The van der Waals surface area contributed by atoms with Crippen LogP contribution in [0, 0.1) is 50.2 Å². The largest absolute Gasteiger partial charge is 0.550 e. The molecular formula is C30H45O4-. The number of aliphatic hydroxyl groups is 1. The average molecular weight is 470 g/mol. The zero-order valence-corrected chi connectivity index (χ0v) is 22.2. The Kier molecular flexibility index (Phi) is 5.20. The highest BCUT2D eigenvalue weighted by Crippen LogP contribution is 2.75. The number of aliphatic hydroxyl groups excluding tert-OH is 1. The molecule has 0 aliphatic heterocycles. The van der Waals surface area contributed by atoms with Gasteiger partial charge >= 0.3 is 0 Å². The molecule has 190 valence electrons. The van der Waals surface area contributed by atoms with Crippen molar-refractivity contribution in [3.8, 4) is 0 Å². The van der Waals surface area contributed by atoms with Crippen molar-refractivity contribution >= 4 is 12.3 Å². The summed E-state index contributed by atoms with van der Waals surface area (Å²) in [5, 5.41) is 23.5. The Morgan fingerprint density at radius 3 is 2.29 bits per heavy atom. The maximum Gasteiger partial charge on any atom is 0.128 e. The lowest BCUT2D eigenvalue weighted by Gasteiger charge is -2.71. The summed E-state index contributed by atoms with van der Waals surface area (Å²) in [6.45, 7) is 13.9. The maximum absolute atomic E-state index is 12.6. The molecule has 0 spiro atoms. The molecular weight excluding hydrogens is 424 g/mol. The average Bonchev–Trinajstić information content (AvgIpc) is 2.76. The summed E-state index contributed by atoms with van der Waals surface area (Å²) in [4.78, 5) is 24.9. The highest BCUT2D eigenvalue weighted by molar-refractivity contribution is 5.74. The highest BCUT2D eigenvalue weighted by Gasteiger charge is 2.69. The van der Waals surface area contributed by atoms with E-state index in [2.05, 4.69) is 40.7 Å². The van der Waals surface area contributed by atoms with Crippen molar-refractivity contribution in [3.63, 3.8) is 0 Å². The fourth-order valence-electron chi connectivity index (χ4n) is 10.5. The minimum absolute atomic E-state index is 0.00164. The first-order valence-electron chi connectivity index (χ1n) is 13.8. The third-order valence-corrected chi connectivity index (χ3v) is 13.0. The highest BCUT2D eigenvalue weighted by atomic mass is 16.4. The zero-order chi connectivity index (χ0) is 24.9. The molecule has 0 aromatic carbocycles. The van der Waals surface area contributed by atoms with E-state index in [4.69, 9.17) is 0 Å². The van der Waals surface area contributed by atoms with Gasteiger partial charge in [0.1, 0.15) is 6.29 Å². The Bertz CT molecular complexity index is 936. The van der Waals surface area contributed by atoms with Crippen LogP contribution in [0.4, 0.5) is 0 Å². The molecule has 3 unspecified atom stereocenters. The van der Waals surface area contributed by atoms with Crippen LogP contribution in [0.5, 0.6) is 0 Å². The summed E-state index contributed by atoms with van der Waals surface area (Å²) < 4.78 is 0. The van der Waals surface area contributed by atoms with Crippen LogP contribution in [0.1, 0.15) is 106 Å². The zero-order valence-electron chi connectivity index (χ0n) is 22.2. The first-order chi connectivity index (χ1) is 15.7. The number of carbonyl (C=O) groups is 2. The number of allylic oxidation sites excluding steroid dienone is 2. The van der Waals surface area contributed by atoms with E-state index in [0.29, 0.717) is 12.3 Å². The van der Waals surface area contributed by atoms with E-state index in [1.807, 2.05) is 6.92 Å². The lowest BCUT2D eigenvalue weighted by Crippen LogP contribution is -2.66. The molecule has 34 heavy (non-hydrogen) atoms. The normalized spacial score (nSPS) is 53.9. The van der Waals surface area contributed by atoms with E-state index in [-0.39, 0.29) is 33.5 Å². The van der Waals surface area contributed by atoms with E-state index in [9.17, 15) is 19.8 Å². The Morgan fingerprint density at radius 1 is 0.971 bits per heavy atom. The number of fused-ring (bicyclic) bond motifs is 7. The van der Waals surface area contributed by atoms with Gasteiger partial charge in [-0.1, -0.05) is 53.2 Å². The Balaban J connectivity index is 1.60. The number of carboxylic acids is 1. The minimum Gasteiger partial charge on any atom is -0.550 e. The fraction of sp³-hybridized carbons (Fsp3) is 0.867. The van der Waals surface area contributed by atoms with E-state index < -0.39 is 22.9 Å². The van der Waals surface area contributed by atoms with Crippen LogP contribution < -0.4 is 5.11 Å². The second kappa shape index (κ2) is 7.20. The van der Waals surface area contributed by atoms with Crippen LogP contribution in [0.25, 0.3) is 0 Å². The molecule has 0 radical (unpaired) electrons. The number of carboxylic acid groups (broad SMARTS) is 1. The predicted molar refractivity (Wildman–Crippen MR) is 130 cm³/mol. The molecule has 0 heterocycles. The van der Waals surface area contributed by atoms with E-state index in [1.54, 1.807) is 0 Å². The number of carbonyl (C=O) groups excluding carboxylic acids is 2. The van der Waals surface area contributed by atoms with E-state index >= 15 is 0 Å². The number of aldehydes is 1. The smallest absolute Gasteiger partial charge is 0.128 e. The molecule has 0 amide bonds. The monoisotopic (exact) mass is 469 g/mol. The van der Waals surface area contributed by atoms with Crippen LogP contribution >= 0.6 is 0 Å². The summed E-state index contributed by atoms with van der Waals surface area (Å²) in [7, 11) is 0. The van der Waals surface area contributed by atoms with Crippen LogP contribution in [0.15, 0.2) is 11.6 Å². The fourth-order valence-corrected chi connectivity index (χ4v) is 10.5. The summed E-state index contributed by atoms with van der Waals surface area (Å²) in [5.41, 5.74) is 0.199. The predicted octanol–water partition coefficient (Wildman–Crippen LogP) is 5.08. The lowest BCUT2D eigenvalue weighted by atomic mass is 9.33. The Labute approximate surface area is 206 Å². The van der Waals surface area contributed by atoms with Gasteiger partial charge in [0.05, 0.1) is 11.5 Å². The number of hydrogen-bond donors (Lipinski definition) is 1. The molecule has 5 rings (SSSR count). The second-order valence-corrected chi connectivity index (χ2v) is 14.7. The summed E-state index contributed by atoms with van der Waals surface area (Å²) >= 11 is 0. The molecule has 4 fully saturated rings. The molecule has 9 atom stereocenters. The first-order valence-corrected chi connectivity index (χ1v) is 13.8. The van der Waals surface area contributed by atoms with Crippen LogP contribution in [-0.2, 0) is 9.59 Å². The first kappa shape index (κ1) is 24.5. The van der Waals surface area contributed by atoms with Crippen molar-refractivity contribution in [3.05, 3.63) is 11.6 Å². The van der Waals surface area contributed by atoms with Crippen molar-refractivity contribution in [2.24, 2.45) is 50.2 Å². The third-order valence-electron chi connectivity index (χ3n) is 13.0. The lowest BCUT2D eigenvalue weighted by molar-refractivity contribution is -0.327. The van der Waals surface area contributed by atoms with Gasteiger partial charge in [-0.15, -0.1) is 0 Å². The van der Waals surface area contributed by atoms with Gasteiger partial charge in [0.25, 0.3) is 0 Å². The van der Waals surface area contributed by atoms with Gasteiger partial charge in [-0.3, -0.25) is 0 Å². The number of aliphatic carboxylic acids is 1.